The molecule has 0 saturated carbocycles. The van der Waals surface area contributed by atoms with Crippen molar-refractivity contribution in [2.45, 2.75) is 0 Å². The molecule has 4 nitrogen and oxygen atoms in total. The highest BCUT2D eigenvalue weighted by Crippen LogP contribution is 2.35. The second-order valence-electron chi connectivity index (χ2n) is 6.06. The molecule has 0 aliphatic carbocycles. The summed E-state index contributed by atoms with van der Waals surface area (Å²) in [6.45, 7) is 3.86. The predicted molar refractivity (Wildman–Crippen MR) is 91.4 cm³/mol. The standard InChI is InChI=1S/C18H19FN4/c1-22-8-10-23(11-9-22)18-14-4-2-3-5-15(14)20-16-7-6-13(19)12-17(16)21-18/h2-7,12,20H,8-11H2,1H3/i19-1. The van der Waals surface area contributed by atoms with Gasteiger partial charge in [0, 0.05) is 43.5 Å². The first-order chi connectivity index (χ1) is 11.2. The van der Waals surface area contributed by atoms with Crippen molar-refractivity contribution in [3.05, 3.63) is 53.8 Å². The van der Waals surface area contributed by atoms with Gasteiger partial charge in [0.1, 0.15) is 11.7 Å². The molecule has 0 atom stereocenters. The van der Waals surface area contributed by atoms with Crippen LogP contribution in [-0.4, -0.2) is 48.9 Å². The Morgan fingerprint density at radius 3 is 2.61 bits per heavy atom. The van der Waals surface area contributed by atoms with E-state index in [2.05, 4.69) is 28.2 Å². The zero-order chi connectivity index (χ0) is 15.8. The van der Waals surface area contributed by atoms with Crippen molar-refractivity contribution < 1.29 is 4.39 Å². The van der Waals surface area contributed by atoms with E-state index in [1.165, 1.54) is 12.1 Å². The van der Waals surface area contributed by atoms with Crippen LogP contribution >= 0.6 is 0 Å². The summed E-state index contributed by atoms with van der Waals surface area (Å²) < 4.78 is 13.7. The van der Waals surface area contributed by atoms with Crippen molar-refractivity contribution in [1.29, 1.82) is 0 Å². The van der Waals surface area contributed by atoms with E-state index < -0.39 is 0 Å². The van der Waals surface area contributed by atoms with Gasteiger partial charge >= 0.3 is 0 Å². The molecule has 2 aliphatic rings. The lowest BCUT2D eigenvalue weighted by molar-refractivity contribution is 0.216. The van der Waals surface area contributed by atoms with Crippen LogP contribution in [0.1, 0.15) is 5.56 Å². The molecule has 0 aromatic heterocycles. The minimum atomic E-state index is -0.266. The van der Waals surface area contributed by atoms with Gasteiger partial charge in [-0.3, -0.25) is 0 Å². The Kier molecular flexibility index (Phi) is 3.50. The number of piperazine rings is 1. The Hall–Kier alpha value is -2.40. The first-order valence-electron chi connectivity index (χ1n) is 7.89. The number of anilines is 2. The van der Waals surface area contributed by atoms with Crippen LogP contribution < -0.4 is 5.32 Å². The number of aliphatic imine (C=N–C) groups is 1. The topological polar surface area (TPSA) is 30.9 Å². The molecule has 2 aliphatic heterocycles. The van der Waals surface area contributed by atoms with Crippen molar-refractivity contribution in [3.63, 3.8) is 0 Å². The van der Waals surface area contributed by atoms with E-state index in [0.29, 0.717) is 5.69 Å². The number of para-hydroxylation sites is 1. The van der Waals surface area contributed by atoms with Crippen LogP contribution in [0.4, 0.5) is 21.5 Å². The molecule has 0 radical (unpaired) electrons. The molecule has 2 aromatic rings. The largest absolute Gasteiger partial charge is 0.353 e. The summed E-state index contributed by atoms with van der Waals surface area (Å²) in [5, 5.41) is 3.39. The van der Waals surface area contributed by atoms with Crippen molar-refractivity contribution in [1.82, 2.24) is 9.80 Å². The normalized spacial score (nSPS) is 17.7. The number of nitrogens with zero attached hydrogens (tertiary/aromatic N) is 3. The monoisotopic (exact) mass is 309 g/mol. The molecule has 23 heavy (non-hydrogen) atoms. The van der Waals surface area contributed by atoms with E-state index in [4.69, 9.17) is 4.99 Å². The van der Waals surface area contributed by atoms with E-state index in [1.54, 1.807) is 6.07 Å². The molecule has 0 bridgehead atoms. The second-order valence-corrected chi connectivity index (χ2v) is 6.06. The molecular weight excluding hydrogens is 290 g/mol. The Morgan fingerprint density at radius 1 is 1.00 bits per heavy atom. The fraction of sp³-hybridized carbons (Fsp3) is 0.278. The summed E-state index contributed by atoms with van der Waals surface area (Å²) in [4.78, 5) is 9.41. The molecule has 1 fully saturated rings. The summed E-state index contributed by atoms with van der Waals surface area (Å²) >= 11 is 0. The van der Waals surface area contributed by atoms with E-state index in [1.807, 2.05) is 18.2 Å². The number of nitrogens with one attached hydrogen (secondary N) is 1. The van der Waals surface area contributed by atoms with Gasteiger partial charge in [-0.15, -0.1) is 0 Å². The third kappa shape index (κ3) is 2.68. The average molecular weight is 309 g/mol. The van der Waals surface area contributed by atoms with E-state index in [-0.39, 0.29) is 5.82 Å². The number of hydrogen-bond acceptors (Lipinski definition) is 4. The minimum absolute atomic E-state index is 0.266. The molecule has 2 heterocycles. The van der Waals surface area contributed by atoms with E-state index in [0.717, 1.165) is 49.0 Å². The first-order valence-corrected chi connectivity index (χ1v) is 7.89. The van der Waals surface area contributed by atoms with Gasteiger partial charge in [-0.1, -0.05) is 12.1 Å². The van der Waals surface area contributed by atoms with Crippen LogP contribution in [-0.2, 0) is 0 Å². The van der Waals surface area contributed by atoms with Crippen molar-refractivity contribution in [2.75, 3.05) is 38.5 Å². The molecule has 0 spiro atoms. The van der Waals surface area contributed by atoms with E-state index >= 15 is 0 Å². The van der Waals surface area contributed by atoms with Gasteiger partial charge in [-0.05, 0) is 31.3 Å². The molecule has 0 unspecified atom stereocenters. The smallest absolute Gasteiger partial charge is 0.138 e. The third-order valence-electron chi connectivity index (χ3n) is 4.43. The number of likely N-dealkylation sites (N-methyl/N-ethyl adjacent to an activating group) is 1. The first kappa shape index (κ1) is 14.2. The molecule has 4 rings (SSSR count). The molecule has 118 valence electrons. The lowest BCUT2D eigenvalue weighted by Gasteiger charge is -2.34. The highest BCUT2D eigenvalue weighted by molar-refractivity contribution is 6.07. The molecule has 0 amide bonds. The fourth-order valence-corrected chi connectivity index (χ4v) is 3.07. The Bertz CT molecular complexity index is 763. The molecule has 1 N–H and O–H groups in total. The van der Waals surface area contributed by atoms with Gasteiger partial charge in [0.05, 0.1) is 11.4 Å². The number of rotatable bonds is 0. The summed E-state index contributed by atoms with van der Waals surface area (Å²) in [5.74, 6) is 0.656. The van der Waals surface area contributed by atoms with Gasteiger partial charge in [0.25, 0.3) is 0 Å². The summed E-state index contributed by atoms with van der Waals surface area (Å²) in [5.41, 5.74) is 3.56. The van der Waals surface area contributed by atoms with Gasteiger partial charge in [-0.25, -0.2) is 9.38 Å². The van der Waals surface area contributed by atoms with Gasteiger partial charge in [-0.2, -0.15) is 0 Å². The van der Waals surface area contributed by atoms with Crippen LogP contribution in [0.3, 0.4) is 0 Å². The van der Waals surface area contributed by atoms with Crippen molar-refractivity contribution in [3.8, 4) is 0 Å². The third-order valence-corrected chi connectivity index (χ3v) is 4.43. The molecule has 1 saturated heterocycles. The maximum Gasteiger partial charge on any atom is 0.138 e. The lowest BCUT2D eigenvalue weighted by Crippen LogP contribution is -2.47. The number of halogens is 1. The highest BCUT2D eigenvalue weighted by atomic mass is 18.2. The predicted octanol–water partition coefficient (Wildman–Crippen LogP) is 3.21. The Labute approximate surface area is 135 Å². The Morgan fingerprint density at radius 2 is 1.78 bits per heavy atom. The van der Waals surface area contributed by atoms with Crippen molar-refractivity contribution >= 4 is 22.9 Å². The average Bonchev–Trinajstić information content (AvgIpc) is 2.72. The summed E-state index contributed by atoms with van der Waals surface area (Å²) in [6, 6.07) is 12.8. The van der Waals surface area contributed by atoms with Crippen LogP contribution in [0.25, 0.3) is 0 Å². The van der Waals surface area contributed by atoms with E-state index in [9.17, 15) is 4.39 Å². The molecule has 2 aromatic carbocycles. The van der Waals surface area contributed by atoms with Crippen LogP contribution in [0.2, 0.25) is 0 Å². The lowest BCUT2D eigenvalue weighted by atomic mass is 10.1. The van der Waals surface area contributed by atoms with Gasteiger partial charge in [0.2, 0.25) is 0 Å². The van der Waals surface area contributed by atoms with Gasteiger partial charge in [0.15, 0.2) is 0 Å². The summed E-state index contributed by atoms with van der Waals surface area (Å²) in [6.07, 6.45) is 0. The number of benzene rings is 2. The van der Waals surface area contributed by atoms with Crippen LogP contribution in [0, 0.1) is 5.82 Å². The zero-order valence-corrected chi connectivity index (χ0v) is 13.1. The number of amidine groups is 1. The second kappa shape index (κ2) is 5.66. The Balaban J connectivity index is 1.83. The minimum Gasteiger partial charge on any atom is -0.353 e. The van der Waals surface area contributed by atoms with Crippen LogP contribution in [0.5, 0.6) is 0 Å². The highest BCUT2D eigenvalue weighted by Gasteiger charge is 2.23. The summed E-state index contributed by atoms with van der Waals surface area (Å²) in [7, 11) is 2.13. The quantitative estimate of drug-likeness (QED) is 0.811. The van der Waals surface area contributed by atoms with Crippen LogP contribution in [0.15, 0.2) is 47.5 Å². The molecular formula is C18H19FN4. The fourth-order valence-electron chi connectivity index (χ4n) is 3.07. The number of hydrogen-bond donors (Lipinski definition) is 1. The SMILES string of the molecule is CN1CCN(C2=Nc3cc([18F])ccc3Nc3ccccc32)CC1. The maximum atomic E-state index is 13.7. The molecule has 5 heteroatoms. The zero-order valence-electron chi connectivity index (χ0n) is 13.1. The number of fused-ring (bicyclic) bond motifs is 2. The maximum absolute atomic E-state index is 13.7. The van der Waals surface area contributed by atoms with Crippen molar-refractivity contribution in [2.24, 2.45) is 4.99 Å². The van der Waals surface area contributed by atoms with Gasteiger partial charge < -0.3 is 15.1 Å².